The van der Waals surface area contributed by atoms with Gasteiger partial charge >= 0.3 is 5.97 Å². The molecule has 0 saturated carbocycles. The zero-order valence-electron chi connectivity index (χ0n) is 19.8. The van der Waals surface area contributed by atoms with Gasteiger partial charge in [-0.05, 0) is 37.4 Å². The first kappa shape index (κ1) is 24.0. The predicted octanol–water partition coefficient (Wildman–Crippen LogP) is 4.40. The Bertz CT molecular complexity index is 1600. The maximum absolute atomic E-state index is 13.8. The van der Waals surface area contributed by atoms with Crippen LogP contribution < -0.4 is 19.6 Å². The van der Waals surface area contributed by atoms with Crippen molar-refractivity contribution in [2.24, 2.45) is 4.99 Å². The molecule has 8 heteroatoms. The molecule has 0 unspecified atom stereocenters. The summed E-state index contributed by atoms with van der Waals surface area (Å²) < 4.78 is 13.4. The van der Waals surface area contributed by atoms with Crippen LogP contribution in [-0.2, 0) is 9.53 Å². The van der Waals surface area contributed by atoms with Crippen LogP contribution in [-0.4, -0.2) is 23.8 Å². The smallest absolute Gasteiger partial charge is 0.338 e. The number of carbonyl (C=O) groups is 1. The van der Waals surface area contributed by atoms with Gasteiger partial charge in [-0.2, -0.15) is 0 Å². The zero-order chi connectivity index (χ0) is 25.1. The second-order valence-electron chi connectivity index (χ2n) is 7.92. The van der Waals surface area contributed by atoms with Crippen LogP contribution in [0.25, 0.3) is 11.8 Å². The normalized spacial score (nSPS) is 15.4. The molecular weight excluding hydrogens is 492 g/mol. The molecule has 1 aliphatic rings. The number of hydrogen-bond donors (Lipinski definition) is 0. The molecule has 5 rings (SSSR count). The molecule has 0 fully saturated rings. The highest BCUT2D eigenvalue weighted by Gasteiger charge is 2.35. The number of rotatable bonds is 7. The fourth-order valence-electron chi connectivity index (χ4n) is 4.18. The highest BCUT2D eigenvalue weighted by molar-refractivity contribution is 7.10. The van der Waals surface area contributed by atoms with Crippen molar-refractivity contribution in [2.45, 2.75) is 19.9 Å². The van der Waals surface area contributed by atoms with Crippen molar-refractivity contribution in [3.05, 3.63) is 113 Å². The SMILES string of the molecule is CCOC(=O)C1=C(c2ccccc2)N=c2s/c(=C\c3ccccc3OCC)c(=O)n2[C@H]1c1cccs1. The van der Waals surface area contributed by atoms with Crippen molar-refractivity contribution in [3.63, 3.8) is 0 Å². The lowest BCUT2D eigenvalue weighted by molar-refractivity contribution is -0.138. The second-order valence-corrected chi connectivity index (χ2v) is 9.91. The molecule has 0 N–H and O–H groups in total. The van der Waals surface area contributed by atoms with Crippen molar-refractivity contribution in [1.29, 1.82) is 0 Å². The van der Waals surface area contributed by atoms with E-state index in [4.69, 9.17) is 14.5 Å². The van der Waals surface area contributed by atoms with E-state index < -0.39 is 12.0 Å². The average Bonchev–Trinajstić information content (AvgIpc) is 3.53. The molecule has 182 valence electrons. The van der Waals surface area contributed by atoms with Gasteiger partial charge in [0.1, 0.15) is 11.8 Å². The number of thiophene rings is 1. The number of carbonyl (C=O) groups excluding carboxylic acids is 1. The minimum absolute atomic E-state index is 0.211. The van der Waals surface area contributed by atoms with Gasteiger partial charge in [0.2, 0.25) is 0 Å². The first-order valence-electron chi connectivity index (χ1n) is 11.7. The minimum atomic E-state index is -0.639. The van der Waals surface area contributed by atoms with Crippen molar-refractivity contribution in [2.75, 3.05) is 13.2 Å². The van der Waals surface area contributed by atoms with Crippen LogP contribution in [0.4, 0.5) is 0 Å². The van der Waals surface area contributed by atoms with Gasteiger partial charge in [0.05, 0.1) is 29.0 Å². The summed E-state index contributed by atoms with van der Waals surface area (Å²) in [6, 6.07) is 20.4. The van der Waals surface area contributed by atoms with Crippen molar-refractivity contribution < 1.29 is 14.3 Å². The fourth-order valence-corrected chi connectivity index (χ4v) is 6.00. The Morgan fingerprint density at radius 1 is 1.03 bits per heavy atom. The Labute approximate surface area is 216 Å². The summed E-state index contributed by atoms with van der Waals surface area (Å²) in [5, 5.41) is 1.94. The van der Waals surface area contributed by atoms with E-state index in [-0.39, 0.29) is 12.2 Å². The number of para-hydroxylation sites is 1. The van der Waals surface area contributed by atoms with E-state index in [1.807, 2.05) is 85.1 Å². The highest BCUT2D eigenvalue weighted by Crippen LogP contribution is 2.36. The van der Waals surface area contributed by atoms with Gasteiger partial charge in [-0.3, -0.25) is 9.36 Å². The lowest BCUT2D eigenvalue weighted by Gasteiger charge is -2.24. The first-order valence-corrected chi connectivity index (χ1v) is 13.4. The second kappa shape index (κ2) is 10.5. The molecule has 0 aliphatic carbocycles. The number of ether oxygens (including phenoxy) is 2. The molecule has 0 bridgehead atoms. The number of hydrogen-bond acceptors (Lipinski definition) is 7. The lowest BCUT2D eigenvalue weighted by atomic mass is 9.97. The van der Waals surface area contributed by atoms with Gasteiger partial charge in [-0.25, -0.2) is 9.79 Å². The molecule has 36 heavy (non-hydrogen) atoms. The summed E-state index contributed by atoms with van der Waals surface area (Å²) in [5.41, 5.74) is 2.28. The monoisotopic (exact) mass is 516 g/mol. The first-order chi connectivity index (χ1) is 17.6. The molecule has 1 atom stereocenters. The van der Waals surface area contributed by atoms with Crippen LogP contribution in [0.2, 0.25) is 0 Å². The third-order valence-corrected chi connectivity index (χ3v) is 7.60. The van der Waals surface area contributed by atoms with E-state index in [2.05, 4.69) is 0 Å². The van der Waals surface area contributed by atoms with Crippen LogP contribution in [0.3, 0.4) is 0 Å². The maximum atomic E-state index is 13.8. The van der Waals surface area contributed by atoms with Crippen LogP contribution in [0.5, 0.6) is 5.75 Å². The minimum Gasteiger partial charge on any atom is -0.493 e. The van der Waals surface area contributed by atoms with Gasteiger partial charge < -0.3 is 9.47 Å². The van der Waals surface area contributed by atoms with Crippen LogP contribution in [0, 0.1) is 0 Å². The fraction of sp³-hybridized carbons (Fsp3) is 0.179. The summed E-state index contributed by atoms with van der Waals surface area (Å²) in [4.78, 5) is 33.4. The lowest BCUT2D eigenvalue weighted by Crippen LogP contribution is -2.39. The Balaban J connectivity index is 1.80. The number of esters is 1. The van der Waals surface area contributed by atoms with Gasteiger partial charge in [-0.15, -0.1) is 11.3 Å². The van der Waals surface area contributed by atoms with E-state index in [1.165, 1.54) is 22.7 Å². The van der Waals surface area contributed by atoms with Gasteiger partial charge in [0, 0.05) is 16.0 Å². The van der Waals surface area contributed by atoms with E-state index in [9.17, 15) is 9.59 Å². The van der Waals surface area contributed by atoms with Crippen molar-refractivity contribution in [3.8, 4) is 5.75 Å². The Hall–Kier alpha value is -3.75. The molecule has 3 heterocycles. The third kappa shape index (κ3) is 4.45. The molecule has 0 amide bonds. The zero-order valence-corrected chi connectivity index (χ0v) is 21.5. The molecule has 2 aromatic heterocycles. The Morgan fingerprint density at radius 2 is 1.81 bits per heavy atom. The Kier molecular flexibility index (Phi) is 6.97. The molecule has 0 spiro atoms. The summed E-state index contributed by atoms with van der Waals surface area (Å²) in [5.74, 6) is 0.229. The highest BCUT2D eigenvalue weighted by atomic mass is 32.1. The average molecular weight is 517 g/mol. The summed E-state index contributed by atoms with van der Waals surface area (Å²) in [6.07, 6.45) is 1.83. The van der Waals surface area contributed by atoms with Crippen molar-refractivity contribution >= 4 is 40.4 Å². The quantitative estimate of drug-likeness (QED) is 0.342. The Morgan fingerprint density at radius 3 is 2.53 bits per heavy atom. The summed E-state index contributed by atoms with van der Waals surface area (Å²) in [7, 11) is 0. The summed E-state index contributed by atoms with van der Waals surface area (Å²) in [6.45, 7) is 4.44. The van der Waals surface area contributed by atoms with Crippen molar-refractivity contribution in [1.82, 2.24) is 4.57 Å². The van der Waals surface area contributed by atoms with Crippen LogP contribution in [0.15, 0.2) is 87.5 Å². The van der Waals surface area contributed by atoms with Crippen LogP contribution >= 0.6 is 22.7 Å². The molecular formula is C28H24N2O4S2. The van der Waals surface area contributed by atoms with Crippen LogP contribution in [0.1, 0.15) is 35.9 Å². The van der Waals surface area contributed by atoms with E-state index >= 15 is 0 Å². The molecule has 0 radical (unpaired) electrons. The van der Waals surface area contributed by atoms with E-state index in [0.29, 0.717) is 33.0 Å². The molecule has 1 aliphatic heterocycles. The number of nitrogens with zero attached hydrogens (tertiary/aromatic N) is 2. The molecule has 4 aromatic rings. The number of aromatic nitrogens is 1. The largest absolute Gasteiger partial charge is 0.493 e. The predicted molar refractivity (Wildman–Crippen MR) is 143 cm³/mol. The maximum Gasteiger partial charge on any atom is 0.338 e. The standard InChI is InChI=1S/C28H24N2O4S2/c1-3-33-20-14-9-8-13-19(20)17-22-26(31)30-25(21-15-10-16-35-21)23(27(32)34-4-2)24(29-28(30)36-22)18-11-6-5-7-12-18/h5-17,25H,3-4H2,1-2H3/b22-17-/t25-/m0/s1. The van der Waals surface area contributed by atoms with Gasteiger partial charge in [0.15, 0.2) is 4.80 Å². The van der Waals surface area contributed by atoms with Gasteiger partial charge in [0.25, 0.3) is 5.56 Å². The number of benzene rings is 2. The third-order valence-electron chi connectivity index (χ3n) is 5.69. The topological polar surface area (TPSA) is 69.9 Å². The number of fused-ring (bicyclic) bond motifs is 1. The number of thiazole rings is 1. The molecule has 2 aromatic carbocycles. The molecule has 0 saturated heterocycles. The van der Waals surface area contributed by atoms with E-state index in [1.54, 1.807) is 11.5 Å². The van der Waals surface area contributed by atoms with E-state index in [0.717, 1.165) is 16.0 Å². The van der Waals surface area contributed by atoms with Gasteiger partial charge in [-0.1, -0.05) is 65.9 Å². The molecule has 6 nitrogen and oxygen atoms in total. The summed E-state index contributed by atoms with van der Waals surface area (Å²) >= 11 is 2.79.